The number of benzene rings is 1. The van der Waals surface area contributed by atoms with Gasteiger partial charge in [0.15, 0.2) is 0 Å². The smallest absolute Gasteiger partial charge is 0.135 e. The first-order valence-corrected chi connectivity index (χ1v) is 7.13. The first-order valence-electron chi connectivity index (χ1n) is 6.37. The maximum absolute atomic E-state index is 6.24. The van der Waals surface area contributed by atoms with Crippen LogP contribution in [0.2, 0.25) is 10.0 Å². The summed E-state index contributed by atoms with van der Waals surface area (Å²) in [7, 11) is 0. The fraction of sp³-hybridized carbons (Fsp3) is 0.333. The fourth-order valence-electron chi connectivity index (χ4n) is 1.84. The molecule has 0 amide bonds. The van der Waals surface area contributed by atoms with Crippen LogP contribution in [0.5, 0.6) is 0 Å². The maximum Gasteiger partial charge on any atom is 0.135 e. The van der Waals surface area contributed by atoms with Crippen molar-refractivity contribution in [3.8, 4) is 11.3 Å². The van der Waals surface area contributed by atoms with Gasteiger partial charge in [0, 0.05) is 10.6 Å². The Bertz CT molecular complexity index is 563. The normalized spacial score (nSPS) is 10.9. The van der Waals surface area contributed by atoms with Crippen LogP contribution in [0.3, 0.4) is 0 Å². The topological polar surface area (TPSA) is 25.2 Å². The van der Waals surface area contributed by atoms with Gasteiger partial charge in [0.05, 0.1) is 11.6 Å². The SMILES string of the molecule is CCCNCc1ccc(-c2cc(Cl)c(C)cc2Cl)o1. The molecule has 1 aromatic carbocycles. The van der Waals surface area contributed by atoms with Crippen LogP contribution in [-0.2, 0) is 6.54 Å². The van der Waals surface area contributed by atoms with Crippen LogP contribution in [0.1, 0.15) is 24.7 Å². The van der Waals surface area contributed by atoms with Gasteiger partial charge in [0.2, 0.25) is 0 Å². The lowest BCUT2D eigenvalue weighted by Gasteiger charge is -2.05. The lowest BCUT2D eigenvalue weighted by atomic mass is 10.1. The molecular formula is C15H17Cl2NO. The molecule has 102 valence electrons. The van der Waals surface area contributed by atoms with Crippen molar-refractivity contribution < 1.29 is 4.42 Å². The average molecular weight is 298 g/mol. The second kappa shape index (κ2) is 6.47. The third-order valence-electron chi connectivity index (χ3n) is 2.90. The standard InChI is InChI=1S/C15H17Cl2NO/c1-3-6-18-9-11-4-5-15(19-11)12-8-13(16)10(2)7-14(12)17/h4-5,7-8,18H,3,6,9H2,1-2H3. The number of hydrogen-bond acceptors (Lipinski definition) is 2. The molecule has 0 bridgehead atoms. The number of nitrogens with one attached hydrogen (secondary N) is 1. The van der Waals surface area contributed by atoms with Crippen LogP contribution in [-0.4, -0.2) is 6.54 Å². The van der Waals surface area contributed by atoms with Gasteiger partial charge in [-0.3, -0.25) is 0 Å². The van der Waals surface area contributed by atoms with E-state index in [1.54, 1.807) is 0 Å². The Morgan fingerprint density at radius 1 is 1.16 bits per heavy atom. The summed E-state index contributed by atoms with van der Waals surface area (Å²) in [4.78, 5) is 0. The molecular weight excluding hydrogens is 281 g/mol. The summed E-state index contributed by atoms with van der Waals surface area (Å²) >= 11 is 12.4. The third kappa shape index (κ3) is 3.53. The Morgan fingerprint density at radius 2 is 1.95 bits per heavy atom. The summed E-state index contributed by atoms with van der Waals surface area (Å²) in [5.41, 5.74) is 1.80. The third-order valence-corrected chi connectivity index (χ3v) is 3.62. The predicted molar refractivity (Wildman–Crippen MR) is 80.9 cm³/mol. The van der Waals surface area contributed by atoms with E-state index in [2.05, 4.69) is 12.2 Å². The van der Waals surface area contributed by atoms with Gasteiger partial charge in [0.1, 0.15) is 11.5 Å². The monoisotopic (exact) mass is 297 g/mol. The molecule has 0 saturated carbocycles. The zero-order valence-corrected chi connectivity index (χ0v) is 12.6. The summed E-state index contributed by atoms with van der Waals surface area (Å²) in [6.45, 7) is 5.77. The van der Waals surface area contributed by atoms with E-state index in [0.717, 1.165) is 42.2 Å². The molecule has 4 heteroatoms. The quantitative estimate of drug-likeness (QED) is 0.780. The van der Waals surface area contributed by atoms with E-state index in [-0.39, 0.29) is 0 Å². The van der Waals surface area contributed by atoms with E-state index in [9.17, 15) is 0 Å². The van der Waals surface area contributed by atoms with Crippen molar-refractivity contribution in [2.45, 2.75) is 26.8 Å². The second-order valence-corrected chi connectivity index (χ2v) is 5.34. The Hall–Kier alpha value is -0.960. The van der Waals surface area contributed by atoms with Gasteiger partial charge in [-0.15, -0.1) is 0 Å². The van der Waals surface area contributed by atoms with Gasteiger partial charge in [-0.25, -0.2) is 0 Å². The lowest BCUT2D eigenvalue weighted by Crippen LogP contribution is -2.12. The number of halogens is 2. The van der Waals surface area contributed by atoms with E-state index in [4.69, 9.17) is 27.6 Å². The lowest BCUT2D eigenvalue weighted by molar-refractivity contribution is 0.493. The summed E-state index contributed by atoms with van der Waals surface area (Å²) in [5.74, 6) is 1.65. The highest BCUT2D eigenvalue weighted by Gasteiger charge is 2.11. The molecule has 0 saturated heterocycles. The van der Waals surface area contributed by atoms with Crippen molar-refractivity contribution in [3.63, 3.8) is 0 Å². The number of rotatable bonds is 5. The summed E-state index contributed by atoms with van der Waals surface area (Å²) in [6, 6.07) is 7.59. The van der Waals surface area contributed by atoms with Crippen LogP contribution in [0, 0.1) is 6.92 Å². The van der Waals surface area contributed by atoms with Gasteiger partial charge in [-0.1, -0.05) is 30.1 Å². The van der Waals surface area contributed by atoms with Gasteiger partial charge in [-0.2, -0.15) is 0 Å². The fourth-order valence-corrected chi connectivity index (χ4v) is 2.32. The highest BCUT2D eigenvalue weighted by Crippen LogP contribution is 2.33. The zero-order valence-electron chi connectivity index (χ0n) is 11.1. The van der Waals surface area contributed by atoms with Crippen molar-refractivity contribution in [1.29, 1.82) is 0 Å². The maximum atomic E-state index is 6.24. The van der Waals surface area contributed by atoms with Crippen molar-refractivity contribution in [2.24, 2.45) is 0 Å². The molecule has 2 aromatic rings. The van der Waals surface area contributed by atoms with Crippen molar-refractivity contribution in [1.82, 2.24) is 5.32 Å². The molecule has 0 unspecified atom stereocenters. The molecule has 0 aliphatic carbocycles. The number of furan rings is 1. The van der Waals surface area contributed by atoms with Gasteiger partial charge in [0.25, 0.3) is 0 Å². The first kappa shape index (κ1) is 14.4. The van der Waals surface area contributed by atoms with Gasteiger partial charge >= 0.3 is 0 Å². The molecule has 1 aromatic heterocycles. The Kier molecular flexibility index (Phi) is 4.92. The van der Waals surface area contributed by atoms with Crippen molar-refractivity contribution in [3.05, 3.63) is 45.6 Å². The number of aryl methyl sites for hydroxylation is 1. The van der Waals surface area contributed by atoms with Crippen LogP contribution in [0.15, 0.2) is 28.7 Å². The molecule has 0 spiro atoms. The predicted octanol–water partition coefficient (Wildman–Crippen LogP) is 5.06. The first-order chi connectivity index (χ1) is 9.11. The molecule has 0 fully saturated rings. The van der Waals surface area contributed by atoms with Crippen LogP contribution < -0.4 is 5.32 Å². The average Bonchev–Trinajstić information content (AvgIpc) is 2.83. The van der Waals surface area contributed by atoms with Crippen LogP contribution in [0.4, 0.5) is 0 Å². The Morgan fingerprint density at radius 3 is 2.68 bits per heavy atom. The molecule has 1 N–H and O–H groups in total. The van der Waals surface area contributed by atoms with E-state index in [0.29, 0.717) is 10.0 Å². The zero-order chi connectivity index (χ0) is 13.8. The molecule has 0 atom stereocenters. The van der Waals surface area contributed by atoms with E-state index in [1.807, 2.05) is 31.2 Å². The Labute approximate surface area is 123 Å². The molecule has 19 heavy (non-hydrogen) atoms. The van der Waals surface area contributed by atoms with Crippen molar-refractivity contribution >= 4 is 23.2 Å². The molecule has 0 aliphatic rings. The summed E-state index contributed by atoms with van der Waals surface area (Å²) < 4.78 is 5.79. The summed E-state index contributed by atoms with van der Waals surface area (Å²) in [6.07, 6.45) is 1.10. The minimum Gasteiger partial charge on any atom is -0.460 e. The highest BCUT2D eigenvalue weighted by atomic mass is 35.5. The molecule has 0 aliphatic heterocycles. The van der Waals surface area contributed by atoms with E-state index < -0.39 is 0 Å². The molecule has 1 heterocycles. The van der Waals surface area contributed by atoms with Crippen LogP contribution in [0.25, 0.3) is 11.3 Å². The highest BCUT2D eigenvalue weighted by molar-refractivity contribution is 6.35. The van der Waals surface area contributed by atoms with Gasteiger partial charge < -0.3 is 9.73 Å². The molecule has 2 nitrogen and oxygen atoms in total. The molecule has 0 radical (unpaired) electrons. The largest absolute Gasteiger partial charge is 0.460 e. The molecule has 2 rings (SSSR count). The van der Waals surface area contributed by atoms with Crippen LogP contribution >= 0.6 is 23.2 Å². The van der Waals surface area contributed by atoms with E-state index in [1.165, 1.54) is 0 Å². The van der Waals surface area contributed by atoms with E-state index >= 15 is 0 Å². The number of hydrogen-bond donors (Lipinski definition) is 1. The van der Waals surface area contributed by atoms with Gasteiger partial charge in [-0.05, 0) is 49.7 Å². The Balaban J connectivity index is 2.20. The minimum absolute atomic E-state index is 0.657. The summed E-state index contributed by atoms with van der Waals surface area (Å²) in [5, 5.41) is 4.65. The van der Waals surface area contributed by atoms with Crippen molar-refractivity contribution in [2.75, 3.05) is 6.54 Å². The minimum atomic E-state index is 0.657. The second-order valence-electron chi connectivity index (χ2n) is 4.52.